The molecule has 108 valence electrons. The van der Waals surface area contributed by atoms with Gasteiger partial charge in [-0.25, -0.2) is 4.98 Å². The molecule has 0 aliphatic rings. The Morgan fingerprint density at radius 3 is 2.76 bits per heavy atom. The summed E-state index contributed by atoms with van der Waals surface area (Å²) in [6.07, 6.45) is 1.68. The van der Waals surface area contributed by atoms with Gasteiger partial charge in [0.15, 0.2) is 5.65 Å². The van der Waals surface area contributed by atoms with E-state index >= 15 is 0 Å². The SMILES string of the molecule is COc1ccccc1-c1nc2c(Cl)cc(Cl)cn2c1CO. The van der Waals surface area contributed by atoms with Crippen LogP contribution in [-0.4, -0.2) is 21.6 Å². The number of imidazole rings is 1. The summed E-state index contributed by atoms with van der Waals surface area (Å²) in [6, 6.07) is 9.11. The summed E-state index contributed by atoms with van der Waals surface area (Å²) >= 11 is 12.2. The number of aliphatic hydroxyl groups is 1. The molecule has 0 radical (unpaired) electrons. The van der Waals surface area contributed by atoms with Gasteiger partial charge in [0.1, 0.15) is 5.75 Å². The van der Waals surface area contributed by atoms with Crippen LogP contribution in [0.5, 0.6) is 5.75 Å². The van der Waals surface area contributed by atoms with Crippen LogP contribution in [0.1, 0.15) is 5.69 Å². The molecule has 2 aromatic heterocycles. The Labute approximate surface area is 131 Å². The fourth-order valence-electron chi connectivity index (χ4n) is 2.33. The van der Waals surface area contributed by atoms with Crippen LogP contribution in [0.3, 0.4) is 0 Å². The van der Waals surface area contributed by atoms with Gasteiger partial charge >= 0.3 is 0 Å². The molecule has 3 aromatic rings. The van der Waals surface area contributed by atoms with Gasteiger partial charge in [0, 0.05) is 11.8 Å². The number of aliphatic hydroxyl groups excluding tert-OH is 1. The lowest BCUT2D eigenvalue weighted by Crippen LogP contribution is -1.95. The summed E-state index contributed by atoms with van der Waals surface area (Å²) < 4.78 is 7.06. The molecule has 0 bridgehead atoms. The molecule has 1 aromatic carbocycles. The summed E-state index contributed by atoms with van der Waals surface area (Å²) in [7, 11) is 1.59. The van der Waals surface area contributed by atoms with Crippen LogP contribution in [0.25, 0.3) is 16.9 Å². The van der Waals surface area contributed by atoms with E-state index in [2.05, 4.69) is 4.98 Å². The number of halogens is 2. The summed E-state index contributed by atoms with van der Waals surface area (Å²) in [5, 5.41) is 10.6. The number of benzene rings is 1. The molecule has 0 atom stereocenters. The number of hydrogen-bond acceptors (Lipinski definition) is 3. The molecule has 0 saturated heterocycles. The number of nitrogens with zero attached hydrogens (tertiary/aromatic N) is 2. The molecule has 0 unspecified atom stereocenters. The first-order valence-electron chi connectivity index (χ1n) is 6.26. The largest absolute Gasteiger partial charge is 0.496 e. The number of para-hydroxylation sites is 1. The molecule has 0 saturated carbocycles. The molecule has 0 fully saturated rings. The van der Waals surface area contributed by atoms with Crippen molar-refractivity contribution in [3.8, 4) is 17.0 Å². The highest BCUT2D eigenvalue weighted by Crippen LogP contribution is 2.34. The maximum atomic E-state index is 9.72. The number of fused-ring (bicyclic) bond motifs is 1. The summed E-state index contributed by atoms with van der Waals surface area (Å²) in [5.74, 6) is 0.679. The van der Waals surface area contributed by atoms with Crippen molar-refractivity contribution >= 4 is 28.8 Å². The van der Waals surface area contributed by atoms with Gasteiger partial charge in [-0.1, -0.05) is 35.3 Å². The van der Waals surface area contributed by atoms with Gasteiger partial charge in [0.2, 0.25) is 0 Å². The molecular weight excluding hydrogens is 311 g/mol. The fourth-order valence-corrected chi connectivity index (χ4v) is 2.84. The van der Waals surface area contributed by atoms with E-state index in [0.717, 1.165) is 5.56 Å². The minimum Gasteiger partial charge on any atom is -0.496 e. The van der Waals surface area contributed by atoms with E-state index in [4.69, 9.17) is 27.9 Å². The molecule has 1 N–H and O–H groups in total. The minimum absolute atomic E-state index is 0.189. The molecular formula is C15H12Cl2N2O2. The zero-order valence-electron chi connectivity index (χ0n) is 11.2. The first-order chi connectivity index (χ1) is 10.2. The number of ether oxygens (including phenoxy) is 1. The molecule has 21 heavy (non-hydrogen) atoms. The Balaban J connectivity index is 2.35. The fraction of sp³-hybridized carbons (Fsp3) is 0.133. The minimum atomic E-state index is -0.189. The van der Waals surface area contributed by atoms with Crippen LogP contribution in [0.2, 0.25) is 10.0 Å². The lowest BCUT2D eigenvalue weighted by Gasteiger charge is -2.07. The third kappa shape index (κ3) is 2.35. The van der Waals surface area contributed by atoms with E-state index in [1.165, 1.54) is 0 Å². The van der Waals surface area contributed by atoms with Crippen molar-refractivity contribution < 1.29 is 9.84 Å². The smallest absolute Gasteiger partial charge is 0.156 e. The highest BCUT2D eigenvalue weighted by Gasteiger charge is 2.18. The maximum Gasteiger partial charge on any atom is 0.156 e. The molecule has 0 spiro atoms. The van der Waals surface area contributed by atoms with Gasteiger partial charge in [-0.2, -0.15) is 0 Å². The quantitative estimate of drug-likeness (QED) is 0.797. The van der Waals surface area contributed by atoms with E-state index in [1.807, 2.05) is 24.3 Å². The first-order valence-corrected chi connectivity index (χ1v) is 7.01. The lowest BCUT2D eigenvalue weighted by molar-refractivity contribution is 0.276. The predicted molar refractivity (Wildman–Crippen MR) is 83.1 cm³/mol. The van der Waals surface area contributed by atoms with Gasteiger partial charge < -0.3 is 9.84 Å². The normalized spacial score (nSPS) is 11.0. The Bertz CT molecular complexity index is 815. The summed E-state index contributed by atoms with van der Waals surface area (Å²) in [4.78, 5) is 4.54. The van der Waals surface area contributed by atoms with Crippen molar-refractivity contribution in [2.45, 2.75) is 6.61 Å². The molecule has 0 amide bonds. The number of methoxy groups -OCH3 is 1. The van der Waals surface area contributed by atoms with E-state index in [9.17, 15) is 5.11 Å². The standard InChI is InChI=1S/C15H12Cl2N2O2/c1-21-13-5-3-2-4-10(13)14-12(8-20)19-7-9(16)6-11(17)15(19)18-14/h2-7,20H,8H2,1H3. The van der Waals surface area contributed by atoms with Crippen molar-refractivity contribution in [1.82, 2.24) is 9.38 Å². The van der Waals surface area contributed by atoms with Crippen molar-refractivity contribution in [1.29, 1.82) is 0 Å². The summed E-state index contributed by atoms with van der Waals surface area (Å²) in [5.41, 5.74) is 2.57. The van der Waals surface area contributed by atoms with Gasteiger partial charge in [-0.15, -0.1) is 0 Å². The number of aromatic nitrogens is 2. The predicted octanol–water partition coefficient (Wildman–Crippen LogP) is 3.81. The third-order valence-electron chi connectivity index (χ3n) is 3.25. The first kappa shape index (κ1) is 14.2. The molecule has 2 heterocycles. The van der Waals surface area contributed by atoms with Crippen LogP contribution < -0.4 is 4.74 Å². The van der Waals surface area contributed by atoms with Crippen molar-refractivity contribution in [2.75, 3.05) is 7.11 Å². The molecule has 0 aliphatic carbocycles. The third-order valence-corrected chi connectivity index (χ3v) is 3.74. The van der Waals surface area contributed by atoms with Crippen molar-refractivity contribution in [3.63, 3.8) is 0 Å². The average Bonchev–Trinajstić information content (AvgIpc) is 2.85. The number of pyridine rings is 1. The van der Waals surface area contributed by atoms with Crippen LogP contribution in [0, 0.1) is 0 Å². The van der Waals surface area contributed by atoms with Crippen LogP contribution >= 0.6 is 23.2 Å². The van der Waals surface area contributed by atoms with E-state index in [0.29, 0.717) is 32.8 Å². The maximum absolute atomic E-state index is 9.72. The highest BCUT2D eigenvalue weighted by atomic mass is 35.5. The highest BCUT2D eigenvalue weighted by molar-refractivity contribution is 6.36. The van der Waals surface area contributed by atoms with Crippen LogP contribution in [0.4, 0.5) is 0 Å². The van der Waals surface area contributed by atoms with Gasteiger partial charge in [0.05, 0.1) is 35.1 Å². The van der Waals surface area contributed by atoms with Crippen molar-refractivity contribution in [3.05, 3.63) is 52.3 Å². The zero-order chi connectivity index (χ0) is 15.0. The number of hydrogen-bond donors (Lipinski definition) is 1. The monoisotopic (exact) mass is 322 g/mol. The molecule has 0 aliphatic heterocycles. The average molecular weight is 323 g/mol. The van der Waals surface area contributed by atoms with Crippen LogP contribution in [0.15, 0.2) is 36.5 Å². The molecule has 6 heteroatoms. The molecule has 3 rings (SSSR count). The van der Waals surface area contributed by atoms with E-state index in [1.54, 1.807) is 23.8 Å². The van der Waals surface area contributed by atoms with E-state index in [-0.39, 0.29) is 6.61 Å². The zero-order valence-corrected chi connectivity index (χ0v) is 12.7. The van der Waals surface area contributed by atoms with Gasteiger partial charge in [-0.05, 0) is 18.2 Å². The van der Waals surface area contributed by atoms with Crippen LogP contribution in [-0.2, 0) is 6.61 Å². The Morgan fingerprint density at radius 2 is 2.05 bits per heavy atom. The van der Waals surface area contributed by atoms with E-state index < -0.39 is 0 Å². The number of rotatable bonds is 3. The van der Waals surface area contributed by atoms with Gasteiger partial charge in [0.25, 0.3) is 0 Å². The topological polar surface area (TPSA) is 46.8 Å². The molecule has 4 nitrogen and oxygen atoms in total. The Morgan fingerprint density at radius 1 is 1.29 bits per heavy atom. The second-order valence-corrected chi connectivity index (χ2v) is 5.31. The lowest BCUT2D eigenvalue weighted by atomic mass is 10.1. The second kappa shape index (κ2) is 5.56. The summed E-state index contributed by atoms with van der Waals surface area (Å²) in [6.45, 7) is -0.189. The Kier molecular flexibility index (Phi) is 3.76. The second-order valence-electron chi connectivity index (χ2n) is 4.47. The Hall–Kier alpha value is -1.75. The van der Waals surface area contributed by atoms with Crippen molar-refractivity contribution in [2.24, 2.45) is 0 Å². The van der Waals surface area contributed by atoms with Gasteiger partial charge in [-0.3, -0.25) is 4.40 Å².